The van der Waals surface area contributed by atoms with Gasteiger partial charge in [-0.05, 0) is 37.5 Å². The Morgan fingerprint density at radius 1 is 1.56 bits per heavy atom. The summed E-state index contributed by atoms with van der Waals surface area (Å²) in [4.78, 5) is 13.5. The summed E-state index contributed by atoms with van der Waals surface area (Å²) in [6, 6.07) is 6.68. The molecule has 98 valence electrons. The number of likely N-dealkylation sites (N-methyl/N-ethyl adjacent to an activating group) is 1. The van der Waals surface area contributed by atoms with Crippen LogP contribution in [0.4, 0.5) is 4.39 Å². The van der Waals surface area contributed by atoms with Crippen molar-refractivity contribution in [3.05, 3.63) is 35.6 Å². The van der Waals surface area contributed by atoms with Crippen LogP contribution in [0.1, 0.15) is 18.9 Å². The summed E-state index contributed by atoms with van der Waals surface area (Å²) in [5, 5.41) is 3.31. The number of nitrogens with one attached hydrogen (secondary N) is 1. The number of hydrogen-bond donors (Lipinski definition) is 1. The molecular formula is C14H19FN2O. The summed E-state index contributed by atoms with van der Waals surface area (Å²) in [7, 11) is 1.82. The zero-order chi connectivity index (χ0) is 13.1. The molecule has 2 rings (SSSR count). The highest BCUT2D eigenvalue weighted by Crippen LogP contribution is 2.11. The molecule has 3 nitrogen and oxygen atoms in total. The molecule has 18 heavy (non-hydrogen) atoms. The van der Waals surface area contributed by atoms with Gasteiger partial charge in [-0.15, -0.1) is 0 Å². The van der Waals surface area contributed by atoms with E-state index in [1.165, 1.54) is 6.07 Å². The second kappa shape index (κ2) is 5.48. The molecule has 1 aromatic rings. The first kappa shape index (κ1) is 13.0. The van der Waals surface area contributed by atoms with E-state index in [1.807, 2.05) is 20.0 Å². The Balaban J connectivity index is 1.89. The Morgan fingerprint density at radius 2 is 2.33 bits per heavy atom. The normalized spacial score (nSPS) is 21.4. The van der Waals surface area contributed by atoms with Crippen LogP contribution in [0.15, 0.2) is 24.3 Å². The lowest BCUT2D eigenvalue weighted by atomic mass is 10.1. The lowest BCUT2D eigenvalue weighted by molar-refractivity contribution is -0.128. The van der Waals surface area contributed by atoms with Crippen molar-refractivity contribution in [1.29, 1.82) is 0 Å². The van der Waals surface area contributed by atoms with Gasteiger partial charge in [-0.25, -0.2) is 4.39 Å². The molecule has 0 bridgehead atoms. The SMILES string of the molecule is CC(Cc1cccc(F)c1)NC1CCN(C)C1=O. The summed E-state index contributed by atoms with van der Waals surface area (Å²) >= 11 is 0. The van der Waals surface area contributed by atoms with E-state index in [-0.39, 0.29) is 23.8 Å². The molecule has 0 aromatic heterocycles. The van der Waals surface area contributed by atoms with Crippen molar-refractivity contribution in [3.8, 4) is 0 Å². The Hall–Kier alpha value is -1.42. The number of hydrogen-bond acceptors (Lipinski definition) is 2. The predicted molar refractivity (Wildman–Crippen MR) is 68.7 cm³/mol. The summed E-state index contributed by atoms with van der Waals surface area (Å²) in [6.07, 6.45) is 1.58. The minimum absolute atomic E-state index is 0.0847. The molecule has 1 heterocycles. The Kier molecular flexibility index (Phi) is 3.97. The third-order valence-electron chi connectivity index (χ3n) is 3.34. The fourth-order valence-corrected chi connectivity index (χ4v) is 2.40. The van der Waals surface area contributed by atoms with E-state index in [0.29, 0.717) is 0 Å². The van der Waals surface area contributed by atoms with E-state index in [0.717, 1.165) is 24.9 Å². The van der Waals surface area contributed by atoms with Gasteiger partial charge in [0.1, 0.15) is 5.82 Å². The Labute approximate surface area is 107 Å². The average Bonchev–Trinajstić information content (AvgIpc) is 2.61. The number of carbonyl (C=O) groups excluding carboxylic acids is 1. The monoisotopic (exact) mass is 250 g/mol. The zero-order valence-electron chi connectivity index (χ0n) is 10.8. The van der Waals surface area contributed by atoms with Gasteiger partial charge in [0.05, 0.1) is 6.04 Å². The fraction of sp³-hybridized carbons (Fsp3) is 0.500. The summed E-state index contributed by atoms with van der Waals surface area (Å²) in [5.41, 5.74) is 0.953. The molecular weight excluding hydrogens is 231 g/mol. The van der Waals surface area contributed by atoms with E-state index < -0.39 is 0 Å². The topological polar surface area (TPSA) is 32.3 Å². The maximum Gasteiger partial charge on any atom is 0.239 e. The van der Waals surface area contributed by atoms with Gasteiger partial charge >= 0.3 is 0 Å². The predicted octanol–water partition coefficient (Wildman–Crippen LogP) is 1.58. The van der Waals surface area contributed by atoms with Crippen LogP contribution in [0.5, 0.6) is 0 Å². The van der Waals surface area contributed by atoms with Gasteiger partial charge in [-0.1, -0.05) is 12.1 Å². The van der Waals surface area contributed by atoms with Gasteiger partial charge in [0, 0.05) is 19.6 Å². The van der Waals surface area contributed by atoms with Crippen molar-refractivity contribution in [1.82, 2.24) is 10.2 Å². The smallest absolute Gasteiger partial charge is 0.239 e. The molecule has 4 heteroatoms. The van der Waals surface area contributed by atoms with Crippen molar-refractivity contribution in [2.45, 2.75) is 31.8 Å². The second-order valence-corrected chi connectivity index (χ2v) is 5.00. The molecule has 1 N–H and O–H groups in total. The fourth-order valence-electron chi connectivity index (χ4n) is 2.40. The van der Waals surface area contributed by atoms with Gasteiger partial charge in [-0.3, -0.25) is 4.79 Å². The van der Waals surface area contributed by atoms with Crippen LogP contribution in [0.3, 0.4) is 0 Å². The number of halogens is 1. The Bertz CT molecular complexity index is 436. The largest absolute Gasteiger partial charge is 0.344 e. The molecule has 1 aliphatic heterocycles. The number of likely N-dealkylation sites (tertiary alicyclic amines) is 1. The molecule has 1 aliphatic rings. The van der Waals surface area contributed by atoms with Gasteiger partial charge in [0.15, 0.2) is 0 Å². The maximum atomic E-state index is 13.1. The molecule has 1 amide bonds. The number of nitrogens with zero attached hydrogens (tertiary/aromatic N) is 1. The first-order valence-electron chi connectivity index (χ1n) is 6.31. The maximum absolute atomic E-state index is 13.1. The standard InChI is InChI=1S/C14H19FN2O/c1-10(8-11-4-3-5-12(15)9-11)16-13-6-7-17(2)14(13)18/h3-5,9-10,13,16H,6-8H2,1-2H3. The van der Waals surface area contributed by atoms with E-state index in [9.17, 15) is 9.18 Å². The Morgan fingerprint density at radius 3 is 2.94 bits per heavy atom. The lowest BCUT2D eigenvalue weighted by Gasteiger charge is -2.18. The molecule has 0 aliphatic carbocycles. The molecule has 1 fully saturated rings. The van der Waals surface area contributed by atoms with E-state index in [2.05, 4.69) is 5.32 Å². The van der Waals surface area contributed by atoms with E-state index in [1.54, 1.807) is 17.0 Å². The van der Waals surface area contributed by atoms with Crippen molar-refractivity contribution in [3.63, 3.8) is 0 Å². The molecule has 0 radical (unpaired) electrons. The van der Waals surface area contributed by atoms with Crippen LogP contribution in [-0.2, 0) is 11.2 Å². The van der Waals surface area contributed by atoms with Crippen molar-refractivity contribution < 1.29 is 9.18 Å². The first-order valence-corrected chi connectivity index (χ1v) is 6.31. The molecule has 2 atom stereocenters. The van der Waals surface area contributed by atoms with Crippen molar-refractivity contribution >= 4 is 5.91 Å². The minimum atomic E-state index is -0.212. The van der Waals surface area contributed by atoms with Gasteiger partial charge in [0.25, 0.3) is 0 Å². The lowest BCUT2D eigenvalue weighted by Crippen LogP contribution is -2.42. The highest BCUT2D eigenvalue weighted by molar-refractivity contribution is 5.83. The quantitative estimate of drug-likeness (QED) is 0.880. The molecule has 1 aromatic carbocycles. The van der Waals surface area contributed by atoms with Crippen molar-refractivity contribution in [2.24, 2.45) is 0 Å². The third kappa shape index (κ3) is 3.07. The summed E-state index contributed by atoms with van der Waals surface area (Å²) in [6.45, 7) is 2.83. The van der Waals surface area contributed by atoms with Gasteiger partial charge in [-0.2, -0.15) is 0 Å². The third-order valence-corrected chi connectivity index (χ3v) is 3.34. The molecule has 0 spiro atoms. The van der Waals surface area contributed by atoms with Crippen LogP contribution >= 0.6 is 0 Å². The molecule has 1 saturated heterocycles. The van der Waals surface area contributed by atoms with Crippen LogP contribution in [0.25, 0.3) is 0 Å². The number of carbonyl (C=O) groups is 1. The summed E-state index contributed by atoms with van der Waals surface area (Å²) < 4.78 is 13.1. The van der Waals surface area contributed by atoms with Gasteiger partial charge < -0.3 is 10.2 Å². The highest BCUT2D eigenvalue weighted by Gasteiger charge is 2.29. The first-order chi connectivity index (χ1) is 8.56. The average molecular weight is 250 g/mol. The number of amides is 1. The van der Waals surface area contributed by atoms with Crippen LogP contribution in [0, 0.1) is 5.82 Å². The number of rotatable bonds is 4. The molecule has 2 unspecified atom stereocenters. The van der Waals surface area contributed by atoms with Gasteiger partial charge in [0.2, 0.25) is 5.91 Å². The van der Waals surface area contributed by atoms with Crippen LogP contribution in [0.2, 0.25) is 0 Å². The number of benzene rings is 1. The van der Waals surface area contributed by atoms with E-state index >= 15 is 0 Å². The molecule has 0 saturated carbocycles. The highest BCUT2D eigenvalue weighted by atomic mass is 19.1. The minimum Gasteiger partial charge on any atom is -0.344 e. The zero-order valence-corrected chi connectivity index (χ0v) is 10.8. The van der Waals surface area contributed by atoms with Crippen molar-refractivity contribution in [2.75, 3.05) is 13.6 Å². The summed E-state index contributed by atoms with van der Waals surface area (Å²) in [5.74, 6) is -0.0579. The van der Waals surface area contributed by atoms with E-state index in [4.69, 9.17) is 0 Å². The second-order valence-electron chi connectivity index (χ2n) is 5.00. The van der Waals surface area contributed by atoms with Crippen LogP contribution in [-0.4, -0.2) is 36.5 Å². The van der Waals surface area contributed by atoms with Crippen LogP contribution < -0.4 is 5.32 Å².